The van der Waals surface area contributed by atoms with Gasteiger partial charge in [0, 0.05) is 6.54 Å². The quantitative estimate of drug-likeness (QED) is 0.933. The molecule has 1 aromatic rings. The van der Waals surface area contributed by atoms with Crippen molar-refractivity contribution in [2.24, 2.45) is 0 Å². The van der Waals surface area contributed by atoms with Crippen LogP contribution in [0.2, 0.25) is 0 Å². The summed E-state index contributed by atoms with van der Waals surface area (Å²) in [6, 6.07) is 3.40. The standard InChI is InChI=1S/C14H14F3NO3/c1-9-6-11(14(15,16)17)3-2-10(9)7-18-13(19)12-8-20-4-5-21-12/h2-3,6,8H,4-5,7H2,1H3,(H,18,19). The third-order valence-corrected chi connectivity index (χ3v) is 2.98. The fourth-order valence-electron chi connectivity index (χ4n) is 1.82. The molecular formula is C14H14F3NO3. The molecule has 4 nitrogen and oxygen atoms in total. The highest BCUT2D eigenvalue weighted by molar-refractivity contribution is 5.91. The monoisotopic (exact) mass is 301 g/mol. The van der Waals surface area contributed by atoms with Gasteiger partial charge in [-0.15, -0.1) is 0 Å². The topological polar surface area (TPSA) is 47.6 Å². The summed E-state index contributed by atoms with van der Waals surface area (Å²) in [5, 5.41) is 2.57. The van der Waals surface area contributed by atoms with Gasteiger partial charge < -0.3 is 14.8 Å². The zero-order valence-corrected chi connectivity index (χ0v) is 11.3. The minimum absolute atomic E-state index is 0.0609. The third-order valence-electron chi connectivity index (χ3n) is 2.98. The second-order valence-electron chi connectivity index (χ2n) is 4.52. The number of carbonyl (C=O) groups is 1. The fourth-order valence-corrected chi connectivity index (χ4v) is 1.82. The Morgan fingerprint density at radius 2 is 2.10 bits per heavy atom. The maximum Gasteiger partial charge on any atom is 0.416 e. The van der Waals surface area contributed by atoms with Crippen molar-refractivity contribution < 1.29 is 27.4 Å². The van der Waals surface area contributed by atoms with E-state index in [0.29, 0.717) is 24.3 Å². The summed E-state index contributed by atoms with van der Waals surface area (Å²) >= 11 is 0. The van der Waals surface area contributed by atoms with Crippen LogP contribution in [0.15, 0.2) is 30.2 Å². The lowest BCUT2D eigenvalue weighted by molar-refractivity contribution is -0.137. The molecule has 7 heteroatoms. The van der Waals surface area contributed by atoms with Gasteiger partial charge in [-0.2, -0.15) is 13.2 Å². The number of aryl methyl sites for hydroxylation is 1. The predicted molar refractivity (Wildman–Crippen MR) is 68.0 cm³/mol. The van der Waals surface area contributed by atoms with E-state index < -0.39 is 17.6 Å². The molecule has 1 aromatic carbocycles. The summed E-state index contributed by atoms with van der Waals surface area (Å²) in [4.78, 5) is 11.7. The number of ether oxygens (including phenoxy) is 2. The van der Waals surface area contributed by atoms with Crippen molar-refractivity contribution in [1.29, 1.82) is 0 Å². The normalized spacial score (nSPS) is 14.8. The summed E-state index contributed by atoms with van der Waals surface area (Å²) in [6.07, 6.45) is -3.15. The Morgan fingerprint density at radius 1 is 1.33 bits per heavy atom. The molecule has 0 fully saturated rings. The summed E-state index contributed by atoms with van der Waals surface area (Å²) in [6.45, 7) is 2.35. The number of halogens is 3. The molecule has 0 unspecified atom stereocenters. The van der Waals surface area contributed by atoms with E-state index >= 15 is 0 Å². The molecule has 0 bridgehead atoms. The van der Waals surface area contributed by atoms with Crippen LogP contribution in [0, 0.1) is 6.92 Å². The largest absolute Gasteiger partial charge is 0.494 e. The number of alkyl halides is 3. The Morgan fingerprint density at radius 3 is 2.67 bits per heavy atom. The van der Waals surface area contributed by atoms with Gasteiger partial charge in [-0.1, -0.05) is 6.07 Å². The van der Waals surface area contributed by atoms with E-state index in [2.05, 4.69) is 5.32 Å². The van der Waals surface area contributed by atoms with Crippen LogP contribution in [0.5, 0.6) is 0 Å². The van der Waals surface area contributed by atoms with Crippen LogP contribution < -0.4 is 5.32 Å². The zero-order valence-electron chi connectivity index (χ0n) is 11.3. The highest BCUT2D eigenvalue weighted by Crippen LogP contribution is 2.30. The number of benzene rings is 1. The Labute approximate surface area is 119 Å². The Bertz CT molecular complexity index is 567. The van der Waals surface area contributed by atoms with Crippen molar-refractivity contribution in [1.82, 2.24) is 5.32 Å². The van der Waals surface area contributed by atoms with E-state index in [1.165, 1.54) is 12.3 Å². The van der Waals surface area contributed by atoms with Crippen LogP contribution >= 0.6 is 0 Å². The second-order valence-corrected chi connectivity index (χ2v) is 4.52. The molecule has 0 spiro atoms. The molecule has 0 saturated carbocycles. The van der Waals surface area contributed by atoms with Gasteiger partial charge in [0.15, 0.2) is 0 Å². The van der Waals surface area contributed by atoms with Gasteiger partial charge in [0.1, 0.15) is 19.5 Å². The number of nitrogens with one attached hydrogen (secondary N) is 1. The Balaban J connectivity index is 2.00. The minimum Gasteiger partial charge on any atom is -0.494 e. The summed E-state index contributed by atoms with van der Waals surface area (Å²) in [7, 11) is 0. The lowest BCUT2D eigenvalue weighted by Crippen LogP contribution is -2.28. The molecule has 1 N–H and O–H groups in total. The van der Waals surface area contributed by atoms with Crippen LogP contribution in [0.25, 0.3) is 0 Å². The molecule has 1 amide bonds. The number of hydrogen-bond acceptors (Lipinski definition) is 3. The minimum atomic E-state index is -4.37. The smallest absolute Gasteiger partial charge is 0.416 e. The lowest BCUT2D eigenvalue weighted by atomic mass is 10.0. The van der Waals surface area contributed by atoms with E-state index in [1.807, 2.05) is 0 Å². The molecule has 1 aliphatic heterocycles. The molecule has 0 saturated heterocycles. The van der Waals surface area contributed by atoms with Gasteiger partial charge in [-0.25, -0.2) is 0 Å². The second kappa shape index (κ2) is 6.07. The van der Waals surface area contributed by atoms with E-state index in [1.54, 1.807) is 6.92 Å². The molecule has 0 atom stereocenters. The van der Waals surface area contributed by atoms with Gasteiger partial charge in [0.05, 0.1) is 5.56 Å². The lowest BCUT2D eigenvalue weighted by Gasteiger charge is -2.16. The van der Waals surface area contributed by atoms with Crippen LogP contribution in [0.4, 0.5) is 13.2 Å². The number of hydrogen-bond donors (Lipinski definition) is 1. The van der Waals surface area contributed by atoms with Gasteiger partial charge in [0.2, 0.25) is 5.76 Å². The summed E-state index contributed by atoms with van der Waals surface area (Å²) in [5.74, 6) is -0.403. The third kappa shape index (κ3) is 3.90. The fraction of sp³-hybridized carbons (Fsp3) is 0.357. The van der Waals surface area contributed by atoms with E-state index in [0.717, 1.165) is 12.1 Å². The van der Waals surface area contributed by atoms with Gasteiger partial charge in [0.25, 0.3) is 5.91 Å². The molecule has 1 heterocycles. The number of carbonyl (C=O) groups excluding carboxylic acids is 1. The van der Waals surface area contributed by atoms with Crippen molar-refractivity contribution in [2.75, 3.05) is 13.2 Å². The van der Waals surface area contributed by atoms with E-state index in [-0.39, 0.29) is 12.3 Å². The average molecular weight is 301 g/mol. The first-order valence-electron chi connectivity index (χ1n) is 6.27. The summed E-state index contributed by atoms with van der Waals surface area (Å²) in [5.41, 5.74) is 0.357. The molecule has 0 radical (unpaired) electrons. The van der Waals surface area contributed by atoms with E-state index in [4.69, 9.17) is 9.47 Å². The van der Waals surface area contributed by atoms with Crippen molar-refractivity contribution >= 4 is 5.91 Å². The SMILES string of the molecule is Cc1cc(C(F)(F)F)ccc1CNC(=O)C1=COCCO1. The molecular weight excluding hydrogens is 287 g/mol. The molecule has 114 valence electrons. The predicted octanol–water partition coefficient (Wildman–Crippen LogP) is 2.52. The van der Waals surface area contributed by atoms with E-state index in [9.17, 15) is 18.0 Å². The molecule has 0 aliphatic carbocycles. The van der Waals surface area contributed by atoms with Gasteiger partial charge >= 0.3 is 6.18 Å². The number of rotatable bonds is 3. The first-order valence-corrected chi connectivity index (χ1v) is 6.27. The maximum absolute atomic E-state index is 12.5. The Kier molecular flexibility index (Phi) is 4.40. The Hall–Kier alpha value is -2.18. The molecule has 21 heavy (non-hydrogen) atoms. The highest BCUT2D eigenvalue weighted by Gasteiger charge is 2.30. The van der Waals surface area contributed by atoms with Gasteiger partial charge in [-0.3, -0.25) is 4.79 Å². The first-order chi connectivity index (χ1) is 9.88. The van der Waals surface area contributed by atoms with Crippen LogP contribution in [-0.2, 0) is 27.0 Å². The van der Waals surface area contributed by atoms with Crippen LogP contribution in [-0.4, -0.2) is 19.1 Å². The highest BCUT2D eigenvalue weighted by atomic mass is 19.4. The first kappa shape index (κ1) is 15.2. The molecule has 0 aromatic heterocycles. The molecule has 2 rings (SSSR count). The van der Waals surface area contributed by atoms with Crippen molar-refractivity contribution in [2.45, 2.75) is 19.6 Å². The van der Waals surface area contributed by atoms with Crippen molar-refractivity contribution in [3.63, 3.8) is 0 Å². The van der Waals surface area contributed by atoms with Crippen molar-refractivity contribution in [3.05, 3.63) is 46.9 Å². The van der Waals surface area contributed by atoms with Gasteiger partial charge in [-0.05, 0) is 30.2 Å². The van der Waals surface area contributed by atoms with Crippen LogP contribution in [0.3, 0.4) is 0 Å². The zero-order chi connectivity index (χ0) is 15.5. The van der Waals surface area contributed by atoms with Crippen LogP contribution in [0.1, 0.15) is 16.7 Å². The maximum atomic E-state index is 12.5. The molecule has 1 aliphatic rings. The number of amides is 1. The summed E-state index contributed by atoms with van der Waals surface area (Å²) < 4.78 is 47.7. The van der Waals surface area contributed by atoms with Crippen molar-refractivity contribution in [3.8, 4) is 0 Å². The average Bonchev–Trinajstić information content (AvgIpc) is 2.45.